The summed E-state index contributed by atoms with van der Waals surface area (Å²) in [6.45, 7) is -1.67. The minimum Gasteiger partial charge on any atom is -0.477 e. The zero-order valence-corrected chi connectivity index (χ0v) is 14.0. The molecule has 2 aliphatic heterocycles. The molecule has 2 aliphatic rings. The van der Waals surface area contributed by atoms with Gasteiger partial charge in [-0.3, -0.25) is 0 Å². The number of hydrogen-bond acceptors (Lipinski definition) is 12. The van der Waals surface area contributed by atoms with Gasteiger partial charge < -0.3 is 60.2 Å². The summed E-state index contributed by atoms with van der Waals surface area (Å²) in [5, 5.41) is 86.9. The molecule has 13 heteroatoms. The Hall–Kier alpha value is -0.970. The van der Waals surface area contributed by atoms with Crippen LogP contribution in [0.4, 0.5) is 0 Å². The minimum atomic E-state index is -2.89. The van der Waals surface area contributed by atoms with Crippen LogP contribution < -0.4 is 0 Å². The van der Waals surface area contributed by atoms with Gasteiger partial charge in [0.15, 0.2) is 6.29 Å². The van der Waals surface area contributed by atoms with Gasteiger partial charge in [0, 0.05) is 6.42 Å². The molecule has 10 atom stereocenters. The first-order chi connectivity index (χ1) is 12.6. The third-order valence-electron chi connectivity index (χ3n) is 4.58. The number of aliphatic carboxylic acids is 1. The molecule has 1 unspecified atom stereocenters. The fraction of sp³-hybridized carbons (Fsp3) is 0.929. The number of carboxylic acid groups (broad SMARTS) is 1. The van der Waals surface area contributed by atoms with E-state index in [1.807, 2.05) is 0 Å². The highest BCUT2D eigenvalue weighted by atomic mass is 16.7. The van der Waals surface area contributed by atoms with Crippen molar-refractivity contribution in [1.82, 2.24) is 0 Å². The van der Waals surface area contributed by atoms with Crippen molar-refractivity contribution < 1.29 is 65.0 Å². The molecule has 27 heavy (non-hydrogen) atoms. The zero-order valence-electron chi connectivity index (χ0n) is 14.0. The Kier molecular flexibility index (Phi) is 7.10. The van der Waals surface area contributed by atoms with Crippen molar-refractivity contribution in [2.24, 2.45) is 0 Å². The summed E-state index contributed by atoms with van der Waals surface area (Å²) in [6.07, 6.45) is -16.1. The molecule has 0 aromatic carbocycles. The highest BCUT2D eigenvalue weighted by Gasteiger charge is 2.55. The molecule has 13 nitrogen and oxygen atoms in total. The Morgan fingerprint density at radius 3 is 2.26 bits per heavy atom. The van der Waals surface area contributed by atoms with Crippen LogP contribution in [0, 0.1) is 0 Å². The van der Waals surface area contributed by atoms with Gasteiger partial charge >= 0.3 is 5.97 Å². The minimum absolute atomic E-state index is 0.744. The van der Waals surface area contributed by atoms with Gasteiger partial charge in [-0.05, 0) is 0 Å². The van der Waals surface area contributed by atoms with Crippen molar-refractivity contribution in [2.75, 3.05) is 13.2 Å². The first-order valence-corrected chi connectivity index (χ1v) is 8.12. The second kappa shape index (κ2) is 8.59. The van der Waals surface area contributed by atoms with Crippen molar-refractivity contribution in [2.45, 2.75) is 67.3 Å². The fourth-order valence-corrected chi connectivity index (χ4v) is 2.98. The van der Waals surface area contributed by atoms with Gasteiger partial charge in [0.1, 0.15) is 42.7 Å². The number of aliphatic hydroxyl groups excluding tert-OH is 7. The molecule has 0 saturated carbocycles. The number of carbonyl (C=O) groups is 1. The van der Waals surface area contributed by atoms with E-state index >= 15 is 0 Å². The number of rotatable bonds is 6. The highest BCUT2D eigenvalue weighted by molar-refractivity contribution is 5.75. The Balaban J connectivity index is 2.22. The second-order valence-corrected chi connectivity index (χ2v) is 6.49. The maximum absolute atomic E-state index is 11.3. The van der Waals surface area contributed by atoms with Gasteiger partial charge in [-0.2, -0.15) is 0 Å². The Morgan fingerprint density at radius 1 is 1.11 bits per heavy atom. The molecular formula is C14H24O13. The van der Waals surface area contributed by atoms with Gasteiger partial charge in [-0.1, -0.05) is 0 Å². The fourth-order valence-electron chi connectivity index (χ4n) is 2.98. The molecule has 9 N–H and O–H groups in total. The van der Waals surface area contributed by atoms with E-state index < -0.39 is 86.5 Å². The van der Waals surface area contributed by atoms with E-state index in [9.17, 15) is 35.4 Å². The summed E-state index contributed by atoms with van der Waals surface area (Å²) < 4.78 is 15.2. The van der Waals surface area contributed by atoms with E-state index in [-0.39, 0.29) is 0 Å². The lowest BCUT2D eigenvalue weighted by Crippen LogP contribution is -2.65. The third kappa shape index (κ3) is 4.38. The molecule has 0 spiro atoms. The van der Waals surface area contributed by atoms with Crippen molar-refractivity contribution in [1.29, 1.82) is 0 Å². The van der Waals surface area contributed by atoms with Crippen LogP contribution in [0.2, 0.25) is 0 Å². The Morgan fingerprint density at radius 2 is 1.74 bits per heavy atom. The monoisotopic (exact) mass is 400 g/mol. The van der Waals surface area contributed by atoms with Crippen LogP contribution in [0.3, 0.4) is 0 Å². The lowest BCUT2D eigenvalue weighted by molar-refractivity contribution is -0.355. The summed E-state index contributed by atoms with van der Waals surface area (Å²) in [5.74, 6) is -4.74. The van der Waals surface area contributed by atoms with Gasteiger partial charge in [0.25, 0.3) is 5.79 Å². The zero-order chi connectivity index (χ0) is 20.5. The molecule has 0 aromatic heterocycles. The average Bonchev–Trinajstić information content (AvgIpc) is 2.63. The molecule has 2 heterocycles. The molecule has 2 rings (SSSR count). The quantitative estimate of drug-likeness (QED) is 0.203. The van der Waals surface area contributed by atoms with Crippen molar-refractivity contribution in [3.05, 3.63) is 0 Å². The predicted octanol–water partition coefficient (Wildman–Crippen LogP) is -5.55. The highest BCUT2D eigenvalue weighted by Crippen LogP contribution is 2.33. The maximum Gasteiger partial charge on any atom is 0.364 e. The Bertz CT molecular complexity index is 515. The lowest BCUT2D eigenvalue weighted by Gasteiger charge is -2.46. The first-order valence-electron chi connectivity index (χ1n) is 8.12. The SMILES string of the molecule is O=C(O)C1(O)C[C@@H](O[C@H]2O[C@H](CO)[C@@H](O)[C@H](O)[C@@H]2O)[C@@H](O)[C@@H]([C@H](O)CO)O1. The molecule has 2 saturated heterocycles. The number of carboxylic acids is 1. The van der Waals surface area contributed by atoms with E-state index in [1.54, 1.807) is 0 Å². The second-order valence-electron chi connectivity index (χ2n) is 6.49. The molecular weight excluding hydrogens is 376 g/mol. The largest absolute Gasteiger partial charge is 0.477 e. The predicted molar refractivity (Wildman–Crippen MR) is 79.8 cm³/mol. The number of aliphatic hydroxyl groups is 8. The van der Waals surface area contributed by atoms with Crippen LogP contribution in [0.25, 0.3) is 0 Å². The van der Waals surface area contributed by atoms with Crippen LogP contribution in [-0.4, -0.2) is 126 Å². The van der Waals surface area contributed by atoms with Gasteiger partial charge in [0.2, 0.25) is 0 Å². The molecule has 0 amide bonds. The summed E-state index contributed by atoms with van der Waals surface area (Å²) >= 11 is 0. The van der Waals surface area contributed by atoms with Crippen LogP contribution in [0.1, 0.15) is 6.42 Å². The van der Waals surface area contributed by atoms with E-state index in [2.05, 4.69) is 0 Å². The molecule has 0 radical (unpaired) electrons. The van der Waals surface area contributed by atoms with Crippen molar-refractivity contribution >= 4 is 5.97 Å². The smallest absolute Gasteiger partial charge is 0.364 e. The molecule has 0 aliphatic carbocycles. The van der Waals surface area contributed by atoms with Crippen LogP contribution >= 0.6 is 0 Å². The van der Waals surface area contributed by atoms with Gasteiger partial charge in [-0.25, -0.2) is 4.79 Å². The normalized spacial score (nSPS) is 46.8. The number of ether oxygens (including phenoxy) is 3. The number of hydrogen-bond donors (Lipinski definition) is 9. The summed E-state index contributed by atoms with van der Waals surface area (Å²) in [7, 11) is 0. The first kappa shape index (κ1) is 22.3. The van der Waals surface area contributed by atoms with Gasteiger partial charge in [0.05, 0.1) is 19.3 Å². The van der Waals surface area contributed by atoms with Crippen LogP contribution in [-0.2, 0) is 19.0 Å². The van der Waals surface area contributed by atoms with E-state index in [0.29, 0.717) is 0 Å². The van der Waals surface area contributed by atoms with Crippen LogP contribution in [0.5, 0.6) is 0 Å². The lowest BCUT2D eigenvalue weighted by atomic mass is 9.92. The summed E-state index contributed by atoms with van der Waals surface area (Å²) in [6, 6.07) is 0. The Labute approximate surface area is 152 Å². The summed E-state index contributed by atoms with van der Waals surface area (Å²) in [4.78, 5) is 11.3. The van der Waals surface area contributed by atoms with Crippen LogP contribution in [0.15, 0.2) is 0 Å². The average molecular weight is 400 g/mol. The van der Waals surface area contributed by atoms with E-state index in [0.717, 1.165) is 0 Å². The topological polar surface area (TPSA) is 227 Å². The van der Waals surface area contributed by atoms with Crippen molar-refractivity contribution in [3.63, 3.8) is 0 Å². The standard InChI is InChI=1S/C14H24O13/c15-2-4(17)11-8(19)5(1-14(24,27-11)13(22)23)25-12-10(21)9(20)7(18)6(3-16)26-12/h4-12,15-21,24H,1-3H2,(H,22,23)/t4-,5-,6-,7-,8-,9+,10+,11-,12+,14?/m1/s1. The maximum atomic E-state index is 11.3. The molecule has 158 valence electrons. The van der Waals surface area contributed by atoms with E-state index in [4.69, 9.17) is 29.5 Å². The molecule has 0 aromatic rings. The van der Waals surface area contributed by atoms with Gasteiger partial charge in [-0.15, -0.1) is 0 Å². The summed E-state index contributed by atoms with van der Waals surface area (Å²) in [5.41, 5.74) is 0. The van der Waals surface area contributed by atoms with E-state index in [1.165, 1.54) is 0 Å². The molecule has 2 fully saturated rings. The molecule has 0 bridgehead atoms. The third-order valence-corrected chi connectivity index (χ3v) is 4.58. The van der Waals surface area contributed by atoms with Crippen molar-refractivity contribution in [3.8, 4) is 0 Å².